The summed E-state index contributed by atoms with van der Waals surface area (Å²) in [5.41, 5.74) is 21.0. The molecule has 0 bridgehead atoms. The third-order valence-electron chi connectivity index (χ3n) is 13.9. The third kappa shape index (κ3) is 5.97. The van der Waals surface area contributed by atoms with Crippen LogP contribution in [0.3, 0.4) is 0 Å². The molecule has 66 heavy (non-hydrogen) atoms. The van der Waals surface area contributed by atoms with E-state index in [1.165, 1.54) is 50.1 Å². The van der Waals surface area contributed by atoms with Crippen molar-refractivity contribution in [1.29, 1.82) is 0 Å². The van der Waals surface area contributed by atoms with Crippen LogP contribution in [0.4, 0.5) is 17.1 Å². The molecule has 3 nitrogen and oxygen atoms in total. The summed E-state index contributed by atoms with van der Waals surface area (Å²) in [5, 5.41) is 4.33. The van der Waals surface area contributed by atoms with Crippen LogP contribution in [-0.4, -0.2) is 0 Å². The van der Waals surface area contributed by atoms with E-state index < -0.39 is 0 Å². The van der Waals surface area contributed by atoms with Crippen LogP contribution in [0.15, 0.2) is 233 Å². The monoisotopic (exact) mass is 845 g/mol. The highest BCUT2D eigenvalue weighted by Crippen LogP contribution is 2.52. The van der Waals surface area contributed by atoms with E-state index in [0.29, 0.717) is 0 Å². The number of benzene rings is 10. The van der Waals surface area contributed by atoms with E-state index in [9.17, 15) is 0 Å². The minimum Gasteiger partial charge on any atom is -0.456 e. The van der Waals surface area contributed by atoms with Crippen molar-refractivity contribution >= 4 is 60.9 Å². The average Bonchev–Trinajstić information content (AvgIpc) is 4.03. The Hall–Kier alpha value is -8.40. The topological polar surface area (TPSA) is 29.5 Å². The Bertz CT molecular complexity index is 3720. The molecular weight excluding hydrogens is 803 g/mol. The van der Waals surface area contributed by atoms with Gasteiger partial charge in [-0.3, -0.25) is 0 Å². The van der Waals surface area contributed by atoms with Gasteiger partial charge in [-0.15, -0.1) is 0 Å². The van der Waals surface area contributed by atoms with Gasteiger partial charge < -0.3 is 13.7 Å². The van der Waals surface area contributed by atoms with Crippen molar-refractivity contribution in [3.05, 3.63) is 236 Å². The fourth-order valence-corrected chi connectivity index (χ4v) is 10.6. The van der Waals surface area contributed by atoms with Gasteiger partial charge in [-0.1, -0.05) is 172 Å². The highest BCUT2D eigenvalue weighted by Gasteiger charge is 2.35. The molecule has 12 aromatic rings. The molecule has 2 aromatic heterocycles. The zero-order valence-corrected chi connectivity index (χ0v) is 36.6. The van der Waals surface area contributed by atoms with Crippen molar-refractivity contribution in [1.82, 2.24) is 0 Å². The number of hydrogen-bond acceptors (Lipinski definition) is 3. The number of rotatable bonds is 7. The number of fused-ring (bicyclic) bond motifs is 10. The van der Waals surface area contributed by atoms with Crippen LogP contribution in [0, 0.1) is 0 Å². The molecule has 0 fully saturated rings. The van der Waals surface area contributed by atoms with Crippen molar-refractivity contribution < 1.29 is 8.83 Å². The molecule has 13 rings (SSSR count). The number of para-hydroxylation sites is 1. The molecule has 0 radical (unpaired) electrons. The first-order valence-electron chi connectivity index (χ1n) is 22.7. The maximum absolute atomic E-state index is 7.07. The van der Waals surface area contributed by atoms with Crippen molar-refractivity contribution in [3.63, 3.8) is 0 Å². The lowest BCUT2D eigenvalue weighted by atomic mass is 9.81. The summed E-state index contributed by atoms with van der Waals surface area (Å²) in [6.07, 6.45) is 0. The van der Waals surface area contributed by atoms with Gasteiger partial charge in [0.25, 0.3) is 0 Å². The van der Waals surface area contributed by atoms with E-state index in [1.807, 2.05) is 6.07 Å². The van der Waals surface area contributed by atoms with Crippen LogP contribution in [0.1, 0.15) is 25.0 Å². The smallest absolute Gasteiger partial charge is 0.143 e. The van der Waals surface area contributed by atoms with E-state index in [2.05, 4.69) is 237 Å². The lowest BCUT2D eigenvalue weighted by Gasteiger charge is -2.26. The summed E-state index contributed by atoms with van der Waals surface area (Å²) in [5.74, 6) is 0. The minimum absolute atomic E-state index is 0.128. The first-order chi connectivity index (χ1) is 32.5. The molecule has 1 aliphatic rings. The molecule has 0 atom stereocenters. The van der Waals surface area contributed by atoms with Gasteiger partial charge in [0.05, 0.1) is 0 Å². The van der Waals surface area contributed by atoms with Crippen molar-refractivity contribution in [3.8, 4) is 55.6 Å². The first kappa shape index (κ1) is 38.1. The van der Waals surface area contributed by atoms with Crippen molar-refractivity contribution in [2.24, 2.45) is 0 Å². The van der Waals surface area contributed by atoms with Gasteiger partial charge in [-0.2, -0.15) is 0 Å². The molecule has 1 aliphatic carbocycles. The lowest BCUT2D eigenvalue weighted by molar-refractivity contribution is 0.660. The maximum Gasteiger partial charge on any atom is 0.143 e. The van der Waals surface area contributed by atoms with Crippen LogP contribution < -0.4 is 4.90 Å². The second-order valence-electron chi connectivity index (χ2n) is 18.0. The Labute approximate surface area is 383 Å². The second-order valence-corrected chi connectivity index (χ2v) is 18.0. The van der Waals surface area contributed by atoms with Gasteiger partial charge in [-0.25, -0.2) is 0 Å². The van der Waals surface area contributed by atoms with E-state index in [1.54, 1.807) is 0 Å². The SMILES string of the molecule is CC1(C)c2ccccc2-c2ccc(-c3ccc(-c4ccc(N(c5ccc(-c6ccccc6)cc5)c5ccc(-c6ccccc6)cc5)cc4)c4oc5ccc6oc7ccccc7c6c5c34)cc21. The molecule has 0 saturated heterocycles. The zero-order valence-electron chi connectivity index (χ0n) is 36.6. The Balaban J connectivity index is 0.966. The molecule has 0 aliphatic heterocycles. The maximum atomic E-state index is 7.07. The summed E-state index contributed by atoms with van der Waals surface area (Å²) >= 11 is 0. The van der Waals surface area contributed by atoms with E-state index in [-0.39, 0.29) is 5.41 Å². The number of furan rings is 2. The molecular formula is C63H43NO2. The molecule has 0 unspecified atom stereocenters. The highest BCUT2D eigenvalue weighted by molar-refractivity contribution is 6.29. The van der Waals surface area contributed by atoms with E-state index >= 15 is 0 Å². The van der Waals surface area contributed by atoms with Crippen LogP contribution in [0.5, 0.6) is 0 Å². The number of hydrogen-bond donors (Lipinski definition) is 0. The first-order valence-corrected chi connectivity index (χ1v) is 22.7. The summed E-state index contributed by atoms with van der Waals surface area (Å²) in [6, 6.07) is 80.6. The molecule has 312 valence electrons. The Morgan fingerprint density at radius 2 is 0.803 bits per heavy atom. The molecule has 2 heterocycles. The standard InChI is InChI=1S/C63H43NO2/c1-63(2)54-19-11-9-17-51(54)52-34-27-45(39-55(52)63)49-35-36-50(62-60(49)61-58(66-62)38-37-57-59(61)53-18-10-12-20-56(53)65-57)44-25-32-48(33-26-44)64(46-28-21-42(22-29-46)40-13-5-3-6-14-40)47-30-23-43(24-31-47)41-15-7-4-8-16-41/h3-39H,1-2H3. The second kappa shape index (κ2) is 14.8. The summed E-state index contributed by atoms with van der Waals surface area (Å²) in [7, 11) is 0. The molecule has 0 saturated carbocycles. The molecule has 3 heteroatoms. The van der Waals surface area contributed by atoms with Gasteiger partial charge in [-0.05, 0) is 128 Å². The fourth-order valence-electron chi connectivity index (χ4n) is 10.6. The summed E-state index contributed by atoms with van der Waals surface area (Å²) < 4.78 is 13.6. The average molecular weight is 846 g/mol. The molecule has 0 spiro atoms. The van der Waals surface area contributed by atoms with Crippen LogP contribution in [-0.2, 0) is 5.41 Å². The molecule has 0 N–H and O–H groups in total. The van der Waals surface area contributed by atoms with Gasteiger partial charge in [0.2, 0.25) is 0 Å². The van der Waals surface area contributed by atoms with Crippen LogP contribution in [0.25, 0.3) is 99.5 Å². The Morgan fingerprint density at radius 1 is 0.318 bits per heavy atom. The molecule has 0 amide bonds. The quantitative estimate of drug-likeness (QED) is 0.160. The molecule has 10 aromatic carbocycles. The van der Waals surface area contributed by atoms with E-state index in [4.69, 9.17) is 8.83 Å². The third-order valence-corrected chi connectivity index (χ3v) is 13.9. The minimum atomic E-state index is -0.128. The predicted octanol–water partition coefficient (Wildman–Crippen LogP) is 17.9. The Morgan fingerprint density at radius 3 is 1.45 bits per heavy atom. The van der Waals surface area contributed by atoms with Crippen molar-refractivity contribution in [2.45, 2.75) is 19.3 Å². The summed E-state index contributed by atoms with van der Waals surface area (Å²) in [4.78, 5) is 2.33. The number of nitrogens with zero attached hydrogens (tertiary/aromatic N) is 1. The van der Waals surface area contributed by atoms with Gasteiger partial charge >= 0.3 is 0 Å². The normalized spacial score (nSPS) is 12.8. The Kier molecular flexibility index (Phi) is 8.56. The van der Waals surface area contributed by atoms with Gasteiger partial charge in [0.1, 0.15) is 22.3 Å². The van der Waals surface area contributed by atoms with Crippen LogP contribution in [0.2, 0.25) is 0 Å². The largest absolute Gasteiger partial charge is 0.456 e. The highest BCUT2D eigenvalue weighted by atomic mass is 16.3. The van der Waals surface area contributed by atoms with E-state index in [0.717, 1.165) is 77.6 Å². The lowest BCUT2D eigenvalue weighted by Crippen LogP contribution is -2.14. The van der Waals surface area contributed by atoms with Crippen molar-refractivity contribution in [2.75, 3.05) is 4.90 Å². The number of anilines is 3. The zero-order chi connectivity index (χ0) is 43.9. The van der Waals surface area contributed by atoms with Gasteiger partial charge in [0.15, 0.2) is 0 Å². The van der Waals surface area contributed by atoms with Crippen LogP contribution >= 0.6 is 0 Å². The predicted molar refractivity (Wildman–Crippen MR) is 275 cm³/mol. The summed E-state index contributed by atoms with van der Waals surface area (Å²) in [6.45, 7) is 4.69. The fraction of sp³-hybridized carbons (Fsp3) is 0.0476. The van der Waals surface area contributed by atoms with Gasteiger partial charge in [0, 0.05) is 49.6 Å².